The Kier molecular flexibility index (Phi) is 64.9. The first-order chi connectivity index (χ1) is 41.0. The first-order valence-electron chi connectivity index (χ1n) is 33.6. The van der Waals surface area contributed by atoms with Gasteiger partial charge in [0.05, 0.1) is 0 Å². The molecule has 466 valence electrons. The first kappa shape index (κ1) is 77.8. The van der Waals surface area contributed by atoms with E-state index in [4.69, 9.17) is 14.2 Å². The van der Waals surface area contributed by atoms with E-state index in [1.807, 2.05) is 0 Å². The zero-order valence-electron chi connectivity index (χ0n) is 53.4. The highest BCUT2D eigenvalue weighted by molar-refractivity contribution is 5.71. The molecule has 0 heterocycles. The van der Waals surface area contributed by atoms with E-state index in [-0.39, 0.29) is 31.1 Å². The number of ether oxygens (including phenoxy) is 3. The number of hydrogen-bond donors (Lipinski definition) is 0. The molecule has 0 aromatic rings. The zero-order chi connectivity index (χ0) is 59.9. The molecule has 0 N–H and O–H groups in total. The first-order valence-corrected chi connectivity index (χ1v) is 33.6. The summed E-state index contributed by atoms with van der Waals surface area (Å²) in [6, 6.07) is 0. The summed E-state index contributed by atoms with van der Waals surface area (Å²) in [6.45, 7) is 6.31. The van der Waals surface area contributed by atoms with Gasteiger partial charge >= 0.3 is 17.9 Å². The van der Waals surface area contributed by atoms with E-state index in [1.54, 1.807) is 0 Å². The van der Waals surface area contributed by atoms with Gasteiger partial charge in [0.15, 0.2) is 6.10 Å². The quantitative estimate of drug-likeness (QED) is 0.0261. The van der Waals surface area contributed by atoms with Crippen LogP contribution in [0, 0.1) is 0 Å². The molecule has 0 saturated carbocycles. The fourth-order valence-electron chi connectivity index (χ4n) is 8.76. The number of hydrogen-bond acceptors (Lipinski definition) is 6. The molecule has 0 aliphatic carbocycles. The van der Waals surface area contributed by atoms with Crippen LogP contribution in [0.4, 0.5) is 0 Å². The average molecular weight is 1140 g/mol. The summed E-state index contributed by atoms with van der Waals surface area (Å²) in [4.78, 5) is 38.0. The third-order valence-electron chi connectivity index (χ3n) is 13.7. The molecule has 83 heavy (non-hydrogen) atoms. The molecule has 0 aliphatic rings. The molecule has 0 fully saturated rings. The second kappa shape index (κ2) is 69.3. The van der Waals surface area contributed by atoms with Gasteiger partial charge < -0.3 is 14.2 Å². The summed E-state index contributed by atoms with van der Waals surface area (Å²) >= 11 is 0. The van der Waals surface area contributed by atoms with E-state index in [2.05, 4.69) is 191 Å². The number of carbonyl (C=O) groups excluding carboxylic acids is 3. The van der Waals surface area contributed by atoms with Gasteiger partial charge in [0.2, 0.25) is 0 Å². The van der Waals surface area contributed by atoms with E-state index < -0.39 is 6.10 Å². The Hall–Kier alpha value is -5.23. The van der Waals surface area contributed by atoms with Crippen molar-refractivity contribution < 1.29 is 28.6 Å². The topological polar surface area (TPSA) is 78.9 Å². The van der Waals surface area contributed by atoms with Gasteiger partial charge in [-0.3, -0.25) is 14.4 Å². The SMILES string of the molecule is CC/C=C\C/C=C\C/C=C\C/C=C\C/C=C\C/C=C\C/C=C\C/C=C\C/C=C\CCCCCCCCCC(=O)OCC(COC(=O)CCCCCCC)OC(=O)CCCCCCCCCCC/C=C\C/C=C\C/C=C\C/C=C\C/C=C\CC. The van der Waals surface area contributed by atoms with E-state index in [9.17, 15) is 14.4 Å². The fraction of sp³-hybridized carbons (Fsp3) is 0.597. The van der Waals surface area contributed by atoms with Crippen LogP contribution in [0.3, 0.4) is 0 Å². The summed E-state index contributed by atoms with van der Waals surface area (Å²) in [5.74, 6) is -0.925. The fourth-order valence-corrected chi connectivity index (χ4v) is 8.76. The molecule has 1 atom stereocenters. The van der Waals surface area contributed by atoms with Gasteiger partial charge in [0.1, 0.15) is 13.2 Å². The Morgan fingerprint density at radius 3 is 0.735 bits per heavy atom. The molecule has 1 unspecified atom stereocenters. The zero-order valence-corrected chi connectivity index (χ0v) is 53.4. The molecule has 0 aliphatic heterocycles. The molecule has 6 nitrogen and oxygen atoms in total. The number of unbranched alkanes of at least 4 members (excludes halogenated alkanes) is 20. The van der Waals surface area contributed by atoms with Gasteiger partial charge in [-0.25, -0.2) is 0 Å². The maximum Gasteiger partial charge on any atom is 0.306 e. The number of allylic oxidation sites excluding steroid dienone is 28. The van der Waals surface area contributed by atoms with Gasteiger partial charge in [-0.05, 0) is 135 Å². The minimum atomic E-state index is -0.791. The third kappa shape index (κ3) is 67.4. The highest BCUT2D eigenvalue weighted by Gasteiger charge is 2.19. The van der Waals surface area contributed by atoms with E-state index in [0.717, 1.165) is 173 Å². The van der Waals surface area contributed by atoms with Gasteiger partial charge in [-0.2, -0.15) is 0 Å². The van der Waals surface area contributed by atoms with Crippen molar-refractivity contribution >= 4 is 17.9 Å². The van der Waals surface area contributed by atoms with Crippen molar-refractivity contribution in [2.75, 3.05) is 13.2 Å². The van der Waals surface area contributed by atoms with Crippen molar-refractivity contribution in [1.29, 1.82) is 0 Å². The maximum absolute atomic E-state index is 12.8. The Labute approximate surface area is 511 Å². The molecule has 0 amide bonds. The molecule has 0 radical (unpaired) electrons. The van der Waals surface area contributed by atoms with Crippen LogP contribution in [0.1, 0.15) is 278 Å². The summed E-state index contributed by atoms with van der Waals surface area (Å²) in [5.41, 5.74) is 0. The molecule has 0 rings (SSSR count). The van der Waals surface area contributed by atoms with Crippen LogP contribution >= 0.6 is 0 Å². The lowest BCUT2D eigenvalue weighted by Gasteiger charge is -2.18. The van der Waals surface area contributed by atoms with Crippen LogP contribution in [0.15, 0.2) is 170 Å². The summed E-state index contributed by atoms with van der Waals surface area (Å²) < 4.78 is 16.8. The molecule has 0 aromatic heterocycles. The molecule has 6 heteroatoms. The Balaban J connectivity index is 4.11. The van der Waals surface area contributed by atoms with E-state index >= 15 is 0 Å². The minimum Gasteiger partial charge on any atom is -0.462 e. The minimum absolute atomic E-state index is 0.0902. The highest BCUT2D eigenvalue weighted by atomic mass is 16.6. The second-order valence-corrected chi connectivity index (χ2v) is 21.6. The molecular formula is C77H122O6. The van der Waals surface area contributed by atoms with Crippen LogP contribution in [0.5, 0.6) is 0 Å². The van der Waals surface area contributed by atoms with Crippen LogP contribution in [-0.2, 0) is 28.6 Å². The smallest absolute Gasteiger partial charge is 0.306 e. The van der Waals surface area contributed by atoms with Crippen LogP contribution < -0.4 is 0 Å². The largest absolute Gasteiger partial charge is 0.462 e. The predicted molar refractivity (Wildman–Crippen MR) is 361 cm³/mol. The van der Waals surface area contributed by atoms with Gasteiger partial charge in [0.25, 0.3) is 0 Å². The number of rotatable bonds is 59. The molecule has 0 saturated heterocycles. The Morgan fingerprint density at radius 2 is 0.470 bits per heavy atom. The second-order valence-electron chi connectivity index (χ2n) is 21.6. The highest BCUT2D eigenvalue weighted by Crippen LogP contribution is 2.15. The number of esters is 3. The normalized spacial score (nSPS) is 13.2. The monoisotopic (exact) mass is 1140 g/mol. The van der Waals surface area contributed by atoms with Crippen LogP contribution in [-0.4, -0.2) is 37.2 Å². The standard InChI is InChI=1S/C77H122O6/c1-4-7-10-13-15-17-19-21-23-25-27-29-31-33-34-35-36-37-38-39-40-41-42-44-45-47-49-51-53-55-57-59-61-64-67-70-76(79)82-73-74(72-81-75(78)69-66-63-12-9-6-3)83-77(80)71-68-65-62-60-58-56-54-52-50-48-46-43-32-30-28-26-24-22-20-18-16-14-11-8-5-2/h7-8,10-11,15-18,21-24,27-30,33-34,36-37,39-40,42-44,46-47,49,74H,4-6,9,12-14,19-20,25-26,31-32,35,38,41,45,48,50-73H2,1-3H3/b10-7-,11-8-,17-15-,18-16-,23-21-,24-22-,29-27-,30-28-,34-33-,37-36-,40-39-,44-42-,46-43-,49-47-. The van der Waals surface area contributed by atoms with Gasteiger partial charge in [-0.1, -0.05) is 294 Å². The van der Waals surface area contributed by atoms with Crippen molar-refractivity contribution in [3.63, 3.8) is 0 Å². The lowest BCUT2D eigenvalue weighted by atomic mass is 10.1. The van der Waals surface area contributed by atoms with E-state index in [1.165, 1.54) is 64.2 Å². The van der Waals surface area contributed by atoms with Crippen molar-refractivity contribution in [3.8, 4) is 0 Å². The van der Waals surface area contributed by atoms with Crippen molar-refractivity contribution in [2.45, 2.75) is 284 Å². The third-order valence-corrected chi connectivity index (χ3v) is 13.7. The predicted octanol–water partition coefficient (Wildman–Crippen LogP) is 23.4. The Bertz CT molecular complexity index is 1890. The lowest BCUT2D eigenvalue weighted by Crippen LogP contribution is -2.30. The summed E-state index contributed by atoms with van der Waals surface area (Å²) in [5, 5.41) is 0. The average Bonchev–Trinajstić information content (AvgIpc) is 3.49. The molecule has 0 spiro atoms. The van der Waals surface area contributed by atoms with E-state index in [0.29, 0.717) is 19.3 Å². The van der Waals surface area contributed by atoms with Crippen molar-refractivity contribution in [1.82, 2.24) is 0 Å². The lowest BCUT2D eigenvalue weighted by molar-refractivity contribution is -0.167. The summed E-state index contributed by atoms with van der Waals surface area (Å²) in [7, 11) is 0. The molecule has 0 aromatic carbocycles. The van der Waals surface area contributed by atoms with Crippen molar-refractivity contribution in [2.24, 2.45) is 0 Å². The summed E-state index contributed by atoms with van der Waals surface area (Å²) in [6.07, 6.45) is 103. The molecular weight excluding hydrogens is 1020 g/mol. The molecule has 0 bridgehead atoms. The maximum atomic E-state index is 12.8. The van der Waals surface area contributed by atoms with Crippen LogP contribution in [0.2, 0.25) is 0 Å². The van der Waals surface area contributed by atoms with Crippen molar-refractivity contribution in [3.05, 3.63) is 170 Å². The Morgan fingerprint density at radius 1 is 0.253 bits per heavy atom. The van der Waals surface area contributed by atoms with Crippen LogP contribution in [0.25, 0.3) is 0 Å². The number of carbonyl (C=O) groups is 3. The van der Waals surface area contributed by atoms with Gasteiger partial charge in [0, 0.05) is 19.3 Å². The van der Waals surface area contributed by atoms with Gasteiger partial charge in [-0.15, -0.1) is 0 Å².